The summed E-state index contributed by atoms with van der Waals surface area (Å²) in [6.07, 6.45) is 0. The standard InChI is InChI=1S/C26H26FN3O5/c1-16-7-8-17(15-19(16)27)22(31)21-23(32)24(33)30(10-9-29-11-13-35-14-12-29)26(21)18-5-3-4-6-20(18)28(2)25(26)34/h3-8,15,31H,9-14H2,1-2H3/p+1/t26-/m1/s1. The first kappa shape index (κ1) is 23.2. The maximum atomic E-state index is 14.4. The highest BCUT2D eigenvalue weighted by Crippen LogP contribution is 2.53. The van der Waals surface area contributed by atoms with E-state index in [1.54, 1.807) is 38.2 Å². The number of likely N-dealkylation sites (tertiary alicyclic amines) is 1. The fraction of sp³-hybridized carbons (Fsp3) is 0.346. The van der Waals surface area contributed by atoms with Crippen LogP contribution in [-0.2, 0) is 24.7 Å². The highest BCUT2D eigenvalue weighted by molar-refractivity contribution is 6.50. The Balaban J connectivity index is 1.70. The number of carbonyl (C=O) groups is 3. The van der Waals surface area contributed by atoms with E-state index in [0.717, 1.165) is 19.2 Å². The number of quaternary nitrogens is 1. The number of para-hydroxylation sites is 1. The third-order valence-corrected chi connectivity index (χ3v) is 7.27. The Bertz CT molecular complexity index is 1270. The molecule has 8 nitrogen and oxygen atoms in total. The zero-order valence-electron chi connectivity index (χ0n) is 19.6. The molecule has 2 aromatic carbocycles. The van der Waals surface area contributed by atoms with Crippen molar-refractivity contribution < 1.29 is 33.5 Å². The summed E-state index contributed by atoms with van der Waals surface area (Å²) in [6.45, 7) is 4.93. The Morgan fingerprint density at radius 2 is 1.86 bits per heavy atom. The number of fused-ring (bicyclic) bond motifs is 2. The Labute approximate surface area is 202 Å². The van der Waals surface area contributed by atoms with E-state index in [0.29, 0.717) is 36.6 Å². The monoisotopic (exact) mass is 480 g/mol. The summed E-state index contributed by atoms with van der Waals surface area (Å²) in [5, 5.41) is 11.3. The summed E-state index contributed by atoms with van der Waals surface area (Å²) in [4.78, 5) is 44.7. The number of benzene rings is 2. The van der Waals surface area contributed by atoms with Gasteiger partial charge in [0, 0.05) is 23.9 Å². The van der Waals surface area contributed by atoms with Gasteiger partial charge in [-0.3, -0.25) is 14.4 Å². The number of ketones is 1. The molecule has 0 unspecified atom stereocenters. The van der Waals surface area contributed by atoms with Gasteiger partial charge < -0.3 is 24.5 Å². The van der Waals surface area contributed by atoms with E-state index >= 15 is 0 Å². The van der Waals surface area contributed by atoms with Crippen LogP contribution < -0.4 is 9.80 Å². The molecular formula is C26H27FN3O5+. The molecule has 3 heterocycles. The number of aliphatic hydroxyl groups is 1. The smallest absolute Gasteiger partial charge is 0.296 e. The maximum absolute atomic E-state index is 14.4. The van der Waals surface area contributed by atoms with Crippen molar-refractivity contribution in [3.63, 3.8) is 0 Å². The number of nitrogens with zero attached hydrogens (tertiary/aromatic N) is 2. The largest absolute Gasteiger partial charge is 0.507 e. The number of rotatable bonds is 4. The zero-order valence-corrected chi connectivity index (χ0v) is 19.6. The van der Waals surface area contributed by atoms with Gasteiger partial charge >= 0.3 is 0 Å². The van der Waals surface area contributed by atoms with Gasteiger partial charge in [0.25, 0.3) is 17.6 Å². The van der Waals surface area contributed by atoms with Crippen LogP contribution in [0.4, 0.5) is 10.1 Å². The number of carbonyl (C=O) groups excluding carboxylic acids is 3. The number of halogens is 1. The molecule has 0 aliphatic carbocycles. The molecule has 2 N–H and O–H groups in total. The molecule has 2 fully saturated rings. The van der Waals surface area contributed by atoms with E-state index in [1.807, 2.05) is 0 Å². The van der Waals surface area contributed by atoms with Crippen LogP contribution in [-0.4, -0.2) is 74.0 Å². The van der Waals surface area contributed by atoms with Crippen LogP contribution in [0.15, 0.2) is 48.0 Å². The molecule has 1 atom stereocenters. The topological polar surface area (TPSA) is 91.6 Å². The van der Waals surface area contributed by atoms with E-state index in [1.165, 1.54) is 26.8 Å². The highest BCUT2D eigenvalue weighted by Gasteiger charge is 2.66. The molecular weight excluding hydrogens is 453 g/mol. The second-order valence-electron chi connectivity index (χ2n) is 9.18. The molecule has 5 rings (SSSR count). The molecule has 0 radical (unpaired) electrons. The molecule has 0 aromatic heterocycles. The predicted octanol–water partition coefficient (Wildman–Crippen LogP) is 0.602. The van der Waals surface area contributed by atoms with Gasteiger partial charge in [-0.05, 0) is 24.6 Å². The molecule has 9 heteroatoms. The molecule has 3 aliphatic rings. The van der Waals surface area contributed by atoms with Crippen molar-refractivity contribution in [3.05, 3.63) is 70.5 Å². The molecule has 0 saturated carbocycles. The number of Topliss-reactive ketones (excluding diaryl/α,β-unsaturated/α-hetero) is 1. The summed E-state index contributed by atoms with van der Waals surface area (Å²) < 4.78 is 19.8. The predicted molar refractivity (Wildman–Crippen MR) is 125 cm³/mol. The lowest BCUT2D eigenvalue weighted by Crippen LogP contribution is -3.14. The summed E-state index contributed by atoms with van der Waals surface area (Å²) in [5.74, 6) is -3.46. The minimum Gasteiger partial charge on any atom is -0.507 e. The number of anilines is 1. The first-order chi connectivity index (χ1) is 16.8. The fourth-order valence-corrected chi connectivity index (χ4v) is 5.34. The second kappa shape index (κ2) is 8.58. The number of ether oxygens (including phenoxy) is 1. The highest BCUT2D eigenvalue weighted by atomic mass is 19.1. The van der Waals surface area contributed by atoms with Gasteiger partial charge in [-0.2, -0.15) is 0 Å². The van der Waals surface area contributed by atoms with Crippen molar-refractivity contribution >= 4 is 29.0 Å². The van der Waals surface area contributed by atoms with Crippen molar-refractivity contribution in [1.29, 1.82) is 0 Å². The summed E-state index contributed by atoms with van der Waals surface area (Å²) >= 11 is 0. The molecule has 1 spiro atoms. The summed E-state index contributed by atoms with van der Waals surface area (Å²) in [6, 6.07) is 11.0. The SMILES string of the molecule is Cc1ccc(C(O)=C2C(=O)C(=O)N(CC[NH+]3CCOCC3)[C@@]23C(=O)N(C)c2ccccc23)cc1F. The molecule has 3 aliphatic heterocycles. The first-order valence-electron chi connectivity index (χ1n) is 11.6. The third-order valence-electron chi connectivity index (χ3n) is 7.27. The number of amides is 2. The van der Waals surface area contributed by atoms with E-state index in [-0.39, 0.29) is 17.7 Å². The number of hydrogen-bond donors (Lipinski definition) is 2. The Kier molecular flexibility index (Phi) is 5.69. The lowest BCUT2D eigenvalue weighted by Gasteiger charge is -2.35. The van der Waals surface area contributed by atoms with E-state index in [2.05, 4.69) is 0 Å². The van der Waals surface area contributed by atoms with Crippen LogP contribution >= 0.6 is 0 Å². The lowest BCUT2D eigenvalue weighted by molar-refractivity contribution is -0.907. The fourth-order valence-electron chi connectivity index (χ4n) is 5.34. The van der Waals surface area contributed by atoms with E-state index < -0.39 is 34.7 Å². The number of morpholine rings is 1. The van der Waals surface area contributed by atoms with Gasteiger partial charge in [-0.15, -0.1) is 0 Å². The van der Waals surface area contributed by atoms with Gasteiger partial charge in [-0.25, -0.2) is 4.39 Å². The van der Waals surface area contributed by atoms with E-state index in [4.69, 9.17) is 4.74 Å². The number of hydrogen-bond acceptors (Lipinski definition) is 5. The Hall–Kier alpha value is -3.56. The molecule has 35 heavy (non-hydrogen) atoms. The summed E-state index contributed by atoms with van der Waals surface area (Å²) in [5.41, 5.74) is -0.765. The molecule has 2 aromatic rings. The normalized spacial score (nSPS) is 24.0. The number of likely N-dealkylation sites (N-methyl/N-ethyl adjacent to an activating group) is 1. The van der Waals surface area contributed by atoms with E-state index in [9.17, 15) is 23.9 Å². The lowest BCUT2D eigenvalue weighted by atomic mass is 9.82. The Morgan fingerprint density at radius 1 is 1.14 bits per heavy atom. The molecule has 2 amide bonds. The average Bonchev–Trinajstić information content (AvgIpc) is 3.23. The molecule has 182 valence electrons. The van der Waals surface area contributed by atoms with Gasteiger partial charge in [0.05, 0.1) is 31.9 Å². The number of aryl methyl sites for hydroxylation is 1. The van der Waals surface area contributed by atoms with Crippen molar-refractivity contribution in [3.8, 4) is 0 Å². The van der Waals surface area contributed by atoms with Gasteiger partial charge in [-0.1, -0.05) is 30.3 Å². The third kappa shape index (κ3) is 3.37. The summed E-state index contributed by atoms with van der Waals surface area (Å²) in [7, 11) is 1.58. The van der Waals surface area contributed by atoms with Crippen LogP contribution in [0.5, 0.6) is 0 Å². The molecule has 0 bridgehead atoms. The minimum atomic E-state index is -1.82. The van der Waals surface area contributed by atoms with Crippen molar-refractivity contribution in [2.24, 2.45) is 0 Å². The first-order valence-corrected chi connectivity index (χ1v) is 11.6. The van der Waals surface area contributed by atoms with Crippen molar-refractivity contribution in [2.75, 3.05) is 51.3 Å². The number of aliphatic hydroxyl groups excluding tert-OH is 1. The van der Waals surface area contributed by atoms with Gasteiger partial charge in [0.2, 0.25) is 0 Å². The van der Waals surface area contributed by atoms with Crippen LogP contribution in [0.3, 0.4) is 0 Å². The van der Waals surface area contributed by atoms with Crippen molar-refractivity contribution in [2.45, 2.75) is 12.5 Å². The van der Waals surface area contributed by atoms with Crippen LogP contribution in [0, 0.1) is 12.7 Å². The number of nitrogens with one attached hydrogen (secondary N) is 1. The van der Waals surface area contributed by atoms with Crippen LogP contribution in [0.1, 0.15) is 16.7 Å². The van der Waals surface area contributed by atoms with Crippen molar-refractivity contribution in [1.82, 2.24) is 4.90 Å². The second-order valence-corrected chi connectivity index (χ2v) is 9.18. The zero-order chi connectivity index (χ0) is 24.9. The van der Waals surface area contributed by atoms with Gasteiger partial charge in [0.15, 0.2) is 5.54 Å². The molecule has 2 saturated heterocycles. The minimum absolute atomic E-state index is 0.0316. The average molecular weight is 481 g/mol. The van der Waals surface area contributed by atoms with Gasteiger partial charge in [0.1, 0.15) is 24.7 Å². The quantitative estimate of drug-likeness (QED) is 0.380. The Morgan fingerprint density at radius 3 is 2.57 bits per heavy atom. The van der Waals surface area contributed by atoms with Crippen LogP contribution in [0.25, 0.3) is 5.76 Å². The van der Waals surface area contributed by atoms with Crippen LogP contribution in [0.2, 0.25) is 0 Å². The maximum Gasteiger partial charge on any atom is 0.296 e.